The van der Waals surface area contributed by atoms with Crippen molar-refractivity contribution in [1.29, 1.82) is 0 Å². The maximum Gasteiger partial charge on any atom is 0.263 e. The predicted molar refractivity (Wildman–Crippen MR) is 109 cm³/mol. The lowest BCUT2D eigenvalue weighted by Gasteiger charge is -2.20. The first-order valence-electron chi connectivity index (χ1n) is 9.45. The maximum absolute atomic E-state index is 13.0. The monoisotopic (exact) mass is 407 g/mol. The summed E-state index contributed by atoms with van der Waals surface area (Å²) in [7, 11) is 1.53. The van der Waals surface area contributed by atoms with Gasteiger partial charge in [0.25, 0.3) is 11.8 Å². The molecule has 2 aromatic carbocycles. The highest BCUT2D eigenvalue weighted by molar-refractivity contribution is 6.25. The Kier molecular flexibility index (Phi) is 4.94. The van der Waals surface area contributed by atoms with Gasteiger partial charge in [0, 0.05) is 5.69 Å². The van der Waals surface area contributed by atoms with Crippen molar-refractivity contribution in [3.05, 3.63) is 53.6 Å². The molecule has 2 heterocycles. The number of amides is 3. The number of ether oxygens (including phenoxy) is 1. The molecule has 2 aliphatic heterocycles. The minimum absolute atomic E-state index is 0.187. The number of anilines is 2. The molecule has 0 bridgehead atoms. The Morgan fingerprint density at radius 3 is 2.47 bits per heavy atom. The number of fused-ring (bicyclic) bond motifs is 1. The summed E-state index contributed by atoms with van der Waals surface area (Å²) in [4.78, 5) is 39.3. The van der Waals surface area contributed by atoms with Crippen LogP contribution in [-0.2, 0) is 14.4 Å². The van der Waals surface area contributed by atoms with Gasteiger partial charge in [-0.1, -0.05) is 11.3 Å². The Morgan fingerprint density at radius 1 is 1.07 bits per heavy atom. The number of hydrogen-bond donors (Lipinski definition) is 1. The molecule has 2 atom stereocenters. The van der Waals surface area contributed by atoms with Crippen molar-refractivity contribution in [3.63, 3.8) is 0 Å². The van der Waals surface area contributed by atoms with Crippen molar-refractivity contribution in [2.45, 2.75) is 25.9 Å². The second kappa shape index (κ2) is 7.58. The second-order valence-corrected chi connectivity index (χ2v) is 7.25. The topological polar surface area (TPSA) is 104 Å². The number of nitrogens with one attached hydrogen (secondary N) is 1. The van der Waals surface area contributed by atoms with Crippen LogP contribution in [0.2, 0.25) is 0 Å². The molecule has 2 aromatic rings. The number of aryl methyl sites for hydroxylation is 2. The minimum Gasteiger partial charge on any atom is -0.497 e. The van der Waals surface area contributed by atoms with E-state index < -0.39 is 23.9 Å². The van der Waals surface area contributed by atoms with Gasteiger partial charge in [0.1, 0.15) is 12.3 Å². The van der Waals surface area contributed by atoms with Crippen LogP contribution in [0.1, 0.15) is 11.1 Å². The number of benzene rings is 2. The number of rotatable bonds is 5. The van der Waals surface area contributed by atoms with Crippen LogP contribution in [0.15, 0.2) is 52.8 Å². The normalized spacial score (nSPS) is 20.0. The quantitative estimate of drug-likeness (QED) is 0.766. The fraction of sp³-hybridized carbons (Fsp3) is 0.286. The Labute approximate surface area is 173 Å². The molecule has 4 rings (SSSR count). The van der Waals surface area contributed by atoms with Crippen molar-refractivity contribution in [3.8, 4) is 5.75 Å². The molecule has 9 nitrogen and oxygen atoms in total. The molecule has 0 unspecified atom stereocenters. The van der Waals surface area contributed by atoms with Crippen molar-refractivity contribution in [1.82, 2.24) is 5.01 Å². The van der Waals surface area contributed by atoms with Gasteiger partial charge in [0.15, 0.2) is 12.1 Å². The predicted octanol–water partition coefficient (Wildman–Crippen LogP) is 2.24. The van der Waals surface area contributed by atoms with E-state index in [9.17, 15) is 14.4 Å². The van der Waals surface area contributed by atoms with E-state index in [1.807, 2.05) is 32.0 Å². The van der Waals surface area contributed by atoms with E-state index in [1.165, 1.54) is 12.1 Å². The lowest BCUT2D eigenvalue weighted by atomic mass is 10.1. The summed E-state index contributed by atoms with van der Waals surface area (Å²) in [5.74, 6) is -0.654. The number of carbonyl (C=O) groups excluding carboxylic acids is 3. The molecule has 3 amide bonds. The van der Waals surface area contributed by atoms with E-state index in [0.717, 1.165) is 16.0 Å². The maximum atomic E-state index is 13.0. The summed E-state index contributed by atoms with van der Waals surface area (Å²) < 4.78 is 5.11. The summed E-state index contributed by atoms with van der Waals surface area (Å²) in [6.45, 7) is 3.76. The van der Waals surface area contributed by atoms with Gasteiger partial charge in [-0.2, -0.15) is 5.11 Å². The molecule has 0 saturated carbocycles. The van der Waals surface area contributed by atoms with Crippen molar-refractivity contribution in [2.24, 2.45) is 10.3 Å². The highest BCUT2D eigenvalue weighted by Crippen LogP contribution is 2.32. The third-order valence-electron chi connectivity index (χ3n) is 5.28. The van der Waals surface area contributed by atoms with Gasteiger partial charge in [-0.25, -0.2) is 4.90 Å². The molecular weight excluding hydrogens is 386 g/mol. The number of nitrogens with zero attached hydrogens (tertiary/aromatic N) is 4. The first-order chi connectivity index (χ1) is 14.4. The zero-order valence-electron chi connectivity index (χ0n) is 16.8. The second-order valence-electron chi connectivity index (χ2n) is 7.25. The van der Waals surface area contributed by atoms with Gasteiger partial charge in [-0.15, -0.1) is 0 Å². The van der Waals surface area contributed by atoms with Crippen LogP contribution in [0, 0.1) is 13.8 Å². The van der Waals surface area contributed by atoms with Gasteiger partial charge >= 0.3 is 0 Å². The number of hydrogen-bond acceptors (Lipinski definition) is 7. The Morgan fingerprint density at radius 2 is 1.80 bits per heavy atom. The zero-order chi connectivity index (χ0) is 21.4. The molecule has 0 radical (unpaired) electrons. The van der Waals surface area contributed by atoms with Crippen LogP contribution in [0.3, 0.4) is 0 Å². The van der Waals surface area contributed by atoms with Gasteiger partial charge in [-0.3, -0.25) is 19.4 Å². The van der Waals surface area contributed by atoms with E-state index in [2.05, 4.69) is 15.7 Å². The summed E-state index contributed by atoms with van der Waals surface area (Å²) >= 11 is 0. The molecule has 1 fully saturated rings. The van der Waals surface area contributed by atoms with Crippen LogP contribution < -0.4 is 15.0 Å². The third kappa shape index (κ3) is 3.38. The van der Waals surface area contributed by atoms with Gasteiger partial charge in [0.2, 0.25) is 5.91 Å². The highest BCUT2D eigenvalue weighted by atomic mass is 16.5. The van der Waals surface area contributed by atoms with Crippen LogP contribution in [0.25, 0.3) is 0 Å². The molecule has 0 spiro atoms. The van der Waals surface area contributed by atoms with E-state index >= 15 is 0 Å². The van der Waals surface area contributed by atoms with Crippen LogP contribution in [0.5, 0.6) is 5.75 Å². The molecule has 1 N–H and O–H groups in total. The molecule has 0 aromatic heterocycles. The van der Waals surface area contributed by atoms with Crippen LogP contribution >= 0.6 is 0 Å². The Balaban J connectivity index is 1.47. The highest BCUT2D eigenvalue weighted by Gasteiger charge is 2.55. The van der Waals surface area contributed by atoms with Crippen LogP contribution in [-0.4, -0.2) is 48.5 Å². The van der Waals surface area contributed by atoms with E-state index in [1.54, 1.807) is 24.3 Å². The molecule has 1 saturated heterocycles. The SMILES string of the molecule is COc1ccc(N2C(=O)[C@@H]3N=NN(CC(=O)Nc4ccc(C)c(C)c4)[C@H]3C2=O)cc1. The number of carbonyl (C=O) groups is 3. The first kappa shape index (κ1) is 19.6. The molecular formula is C21H21N5O4. The fourth-order valence-electron chi connectivity index (χ4n) is 3.51. The van der Waals surface area contributed by atoms with Gasteiger partial charge < -0.3 is 10.1 Å². The molecule has 2 aliphatic rings. The summed E-state index contributed by atoms with van der Waals surface area (Å²) in [5.41, 5.74) is 3.26. The number of methoxy groups -OCH3 is 1. The van der Waals surface area contributed by atoms with Crippen LogP contribution in [0.4, 0.5) is 11.4 Å². The van der Waals surface area contributed by atoms with E-state index in [-0.39, 0.29) is 12.5 Å². The summed E-state index contributed by atoms with van der Waals surface area (Å²) in [6, 6.07) is 10.3. The standard InChI is InChI=1S/C21H21N5O4/c1-12-4-5-14(10-13(12)2)22-17(27)11-25-19-18(23-24-25)20(28)26(21(19)29)15-6-8-16(30-3)9-7-15/h4-10,18-19H,11H2,1-3H3,(H,22,27)/t18-,19-/m1/s1. The molecule has 9 heteroatoms. The molecule has 154 valence electrons. The van der Waals surface area contributed by atoms with Gasteiger partial charge in [-0.05, 0) is 61.4 Å². The van der Waals surface area contributed by atoms with Crippen molar-refractivity contribution >= 4 is 29.1 Å². The first-order valence-corrected chi connectivity index (χ1v) is 9.45. The fourth-order valence-corrected chi connectivity index (χ4v) is 3.51. The summed E-state index contributed by atoms with van der Waals surface area (Å²) in [5, 5.41) is 11.9. The largest absolute Gasteiger partial charge is 0.497 e. The lowest BCUT2D eigenvalue weighted by molar-refractivity contribution is -0.123. The van der Waals surface area contributed by atoms with Crippen molar-refractivity contribution < 1.29 is 19.1 Å². The van der Waals surface area contributed by atoms with Gasteiger partial charge in [0.05, 0.1) is 12.8 Å². The smallest absolute Gasteiger partial charge is 0.263 e. The average Bonchev–Trinajstić information content (AvgIpc) is 3.24. The average molecular weight is 407 g/mol. The van der Waals surface area contributed by atoms with Crippen molar-refractivity contribution in [2.75, 3.05) is 23.9 Å². The molecule has 30 heavy (non-hydrogen) atoms. The molecule has 0 aliphatic carbocycles. The van der Waals surface area contributed by atoms with E-state index in [0.29, 0.717) is 17.1 Å². The Bertz CT molecular complexity index is 1050. The Hall–Kier alpha value is -3.75. The summed E-state index contributed by atoms with van der Waals surface area (Å²) in [6.07, 6.45) is 0. The van der Waals surface area contributed by atoms with E-state index in [4.69, 9.17) is 4.74 Å². The number of imide groups is 1. The minimum atomic E-state index is -0.950. The third-order valence-corrected chi connectivity index (χ3v) is 5.28. The lowest BCUT2D eigenvalue weighted by Crippen LogP contribution is -2.43. The zero-order valence-corrected chi connectivity index (χ0v) is 16.8.